The molecular weight excluding hydrogens is 649 g/mol. The normalized spacial score (nSPS) is 16.1. The van der Waals surface area contributed by atoms with Crippen molar-refractivity contribution in [1.29, 1.82) is 0 Å². The van der Waals surface area contributed by atoms with Crippen molar-refractivity contribution in [2.45, 2.75) is 38.3 Å². The summed E-state index contributed by atoms with van der Waals surface area (Å²) in [6.45, 7) is 0.326. The minimum Gasteiger partial charge on any atom is -0.496 e. The van der Waals surface area contributed by atoms with Crippen LogP contribution >= 0.6 is 11.6 Å². The van der Waals surface area contributed by atoms with Gasteiger partial charge in [-0.1, -0.05) is 41.9 Å². The highest BCUT2D eigenvalue weighted by atomic mass is 35.5. The maximum absolute atomic E-state index is 15.9. The molecule has 0 unspecified atom stereocenters. The number of methoxy groups -OCH3 is 3. The van der Waals surface area contributed by atoms with E-state index in [1.807, 2.05) is 43.4 Å². The first-order valence-electron chi connectivity index (χ1n) is 16.0. The number of fused-ring (bicyclic) bond motifs is 1. The lowest BCUT2D eigenvalue weighted by Gasteiger charge is -2.33. The van der Waals surface area contributed by atoms with Crippen LogP contribution in [0.15, 0.2) is 66.9 Å². The number of hydrogen-bond acceptors (Lipinski definition) is 7. The predicted molar refractivity (Wildman–Crippen MR) is 187 cm³/mol. The summed E-state index contributed by atoms with van der Waals surface area (Å²) in [5, 5.41) is 15.3. The van der Waals surface area contributed by atoms with Crippen molar-refractivity contribution in [3.05, 3.63) is 88.8 Å². The van der Waals surface area contributed by atoms with Gasteiger partial charge in [-0.25, -0.2) is 9.07 Å². The van der Waals surface area contributed by atoms with E-state index in [-0.39, 0.29) is 12.0 Å². The van der Waals surface area contributed by atoms with Gasteiger partial charge in [-0.2, -0.15) is 5.10 Å². The Morgan fingerprint density at radius 2 is 1.59 bits per heavy atom. The van der Waals surface area contributed by atoms with E-state index in [0.29, 0.717) is 75.9 Å². The third-order valence-electron chi connectivity index (χ3n) is 9.56. The van der Waals surface area contributed by atoms with E-state index in [9.17, 15) is 14.7 Å². The van der Waals surface area contributed by atoms with Gasteiger partial charge < -0.3 is 19.3 Å². The quantitative estimate of drug-likeness (QED) is 0.139. The van der Waals surface area contributed by atoms with E-state index >= 15 is 4.39 Å². The number of hydrogen-bond donors (Lipinski definition) is 1. The van der Waals surface area contributed by atoms with Crippen LogP contribution in [-0.2, 0) is 11.3 Å². The molecule has 5 aromatic rings. The molecule has 1 N–H and O–H groups in total. The highest BCUT2D eigenvalue weighted by Crippen LogP contribution is 2.42. The molecule has 1 aromatic heterocycles. The molecule has 254 valence electrons. The molecule has 1 saturated carbocycles. The van der Waals surface area contributed by atoms with Gasteiger partial charge in [0, 0.05) is 46.8 Å². The Kier molecular flexibility index (Phi) is 9.89. The molecule has 0 saturated heterocycles. The molecule has 9 nitrogen and oxygen atoms in total. The second-order valence-corrected chi connectivity index (χ2v) is 12.6. The molecule has 0 amide bonds. The lowest BCUT2D eigenvalue weighted by molar-refractivity contribution is -0.143. The zero-order chi connectivity index (χ0) is 34.8. The van der Waals surface area contributed by atoms with Crippen LogP contribution in [0.1, 0.15) is 41.6 Å². The molecule has 11 heteroatoms. The second kappa shape index (κ2) is 14.3. The zero-order valence-electron chi connectivity index (χ0n) is 27.7. The van der Waals surface area contributed by atoms with E-state index in [1.54, 1.807) is 29.1 Å². The van der Waals surface area contributed by atoms with Crippen LogP contribution in [0, 0.1) is 11.7 Å². The van der Waals surface area contributed by atoms with Gasteiger partial charge in [0.05, 0.1) is 55.2 Å². The summed E-state index contributed by atoms with van der Waals surface area (Å²) in [7, 11) is 6.44. The van der Waals surface area contributed by atoms with Crippen LogP contribution in [0.25, 0.3) is 38.8 Å². The number of carboxylic acid groups (broad SMARTS) is 1. The smallest absolute Gasteiger partial charge is 0.306 e. The number of carboxylic acids is 1. The second-order valence-electron chi connectivity index (χ2n) is 12.2. The monoisotopic (exact) mass is 685 g/mol. The number of nitrogens with zero attached hydrogens (tertiary/aromatic N) is 3. The molecule has 0 atom stereocenters. The first-order valence-corrected chi connectivity index (χ1v) is 16.3. The predicted octanol–water partition coefficient (Wildman–Crippen LogP) is 8.07. The topological polar surface area (TPSA) is 103 Å². The van der Waals surface area contributed by atoms with E-state index in [4.69, 9.17) is 25.8 Å². The summed E-state index contributed by atoms with van der Waals surface area (Å²) in [5.41, 5.74) is 4.99. The standard InChI is InChI=1S/C38H37ClFN3O6/c1-42(24-13-11-22(12-14-24)38(45)46)20-30-32(40)15-23(16-34(30)47-2)26-7-5-9-28(37(26)39)27-8-6-10-33-29(27)19-41-43(33)25-17-35(48-3)31(21-44)36(18-25)49-4/h5-10,15-19,21-22,24H,11-14,20H2,1-4H3,(H,45,46). The van der Waals surface area contributed by atoms with Gasteiger partial charge in [-0.3, -0.25) is 14.5 Å². The maximum Gasteiger partial charge on any atom is 0.306 e. The van der Waals surface area contributed by atoms with E-state index in [0.717, 1.165) is 34.9 Å². The van der Waals surface area contributed by atoms with E-state index in [1.165, 1.54) is 27.4 Å². The average molecular weight is 686 g/mol. The van der Waals surface area contributed by atoms with Gasteiger partial charge in [-0.05, 0) is 62.1 Å². The number of aromatic nitrogens is 2. The van der Waals surface area contributed by atoms with Gasteiger partial charge in [0.25, 0.3) is 0 Å². The summed E-state index contributed by atoms with van der Waals surface area (Å²) >= 11 is 7.12. The summed E-state index contributed by atoms with van der Waals surface area (Å²) in [5.74, 6) is -0.322. The molecule has 4 aromatic carbocycles. The molecule has 1 aliphatic carbocycles. The molecule has 1 aliphatic rings. The zero-order valence-corrected chi connectivity index (χ0v) is 28.5. The summed E-state index contributed by atoms with van der Waals surface area (Å²) < 4.78 is 34.2. The third kappa shape index (κ3) is 6.46. The lowest BCUT2D eigenvalue weighted by Crippen LogP contribution is -2.36. The minimum atomic E-state index is -0.747. The molecular formula is C38H37ClFN3O6. The van der Waals surface area contributed by atoms with Crippen LogP contribution in [0.3, 0.4) is 0 Å². The molecule has 1 heterocycles. The van der Waals surface area contributed by atoms with Crippen LogP contribution in [0.5, 0.6) is 17.2 Å². The van der Waals surface area contributed by atoms with Gasteiger partial charge in [0.1, 0.15) is 23.1 Å². The molecule has 6 rings (SSSR count). The fourth-order valence-electron chi connectivity index (χ4n) is 6.86. The Balaban J connectivity index is 1.33. The van der Waals surface area contributed by atoms with Gasteiger partial charge >= 0.3 is 5.97 Å². The number of halogens is 2. The Morgan fingerprint density at radius 1 is 0.959 bits per heavy atom. The molecule has 1 fully saturated rings. The van der Waals surface area contributed by atoms with Crippen LogP contribution in [0.4, 0.5) is 4.39 Å². The van der Waals surface area contributed by atoms with Crippen LogP contribution in [-0.4, -0.2) is 66.5 Å². The Morgan fingerprint density at radius 3 is 2.22 bits per heavy atom. The number of carbonyl (C=O) groups excluding carboxylic acids is 1. The summed E-state index contributed by atoms with van der Waals surface area (Å²) in [6, 6.07) is 18.4. The Labute approximate surface area is 288 Å². The highest BCUT2D eigenvalue weighted by molar-refractivity contribution is 6.36. The Hall–Kier alpha value is -4.93. The number of rotatable bonds is 11. The number of carbonyl (C=O) groups is 2. The molecule has 0 spiro atoms. The van der Waals surface area contributed by atoms with Crippen molar-refractivity contribution < 1.29 is 33.3 Å². The number of aliphatic carboxylic acids is 1. The molecule has 0 bridgehead atoms. The van der Waals surface area contributed by atoms with Crippen molar-refractivity contribution >= 4 is 34.8 Å². The Bertz CT molecular complexity index is 2010. The van der Waals surface area contributed by atoms with Crippen LogP contribution < -0.4 is 14.2 Å². The fraction of sp³-hybridized carbons (Fsp3) is 0.289. The van der Waals surface area contributed by atoms with Gasteiger partial charge in [0.15, 0.2) is 6.29 Å². The third-order valence-corrected chi connectivity index (χ3v) is 9.96. The van der Waals surface area contributed by atoms with E-state index in [2.05, 4.69) is 10.00 Å². The summed E-state index contributed by atoms with van der Waals surface area (Å²) in [6.07, 6.45) is 5.17. The van der Waals surface area contributed by atoms with E-state index < -0.39 is 11.8 Å². The van der Waals surface area contributed by atoms with Crippen molar-refractivity contribution in [2.75, 3.05) is 28.4 Å². The first kappa shape index (κ1) is 34.0. The number of benzene rings is 4. The lowest BCUT2D eigenvalue weighted by atomic mass is 9.85. The van der Waals surface area contributed by atoms with Crippen molar-refractivity contribution in [2.24, 2.45) is 5.92 Å². The van der Waals surface area contributed by atoms with Crippen molar-refractivity contribution in [1.82, 2.24) is 14.7 Å². The SMILES string of the molecule is COc1cc(-n2ncc3c(-c4cccc(-c5cc(F)c(CN(C)C6CCC(C(=O)O)CC6)c(OC)c5)c4Cl)cccc32)cc(OC)c1C=O. The summed E-state index contributed by atoms with van der Waals surface area (Å²) in [4.78, 5) is 25.2. The first-order chi connectivity index (χ1) is 23.7. The average Bonchev–Trinajstić information content (AvgIpc) is 3.56. The molecule has 0 radical (unpaired) electrons. The molecule has 49 heavy (non-hydrogen) atoms. The number of aldehydes is 1. The largest absolute Gasteiger partial charge is 0.496 e. The molecule has 0 aliphatic heterocycles. The minimum absolute atomic E-state index is 0.164. The van der Waals surface area contributed by atoms with Gasteiger partial charge in [0.2, 0.25) is 0 Å². The van der Waals surface area contributed by atoms with Crippen LogP contribution in [0.2, 0.25) is 5.02 Å². The number of ether oxygens (including phenoxy) is 3. The fourth-order valence-corrected chi connectivity index (χ4v) is 7.20. The van der Waals surface area contributed by atoms with Gasteiger partial charge in [-0.15, -0.1) is 0 Å². The maximum atomic E-state index is 15.9. The van der Waals surface area contributed by atoms with Crippen molar-refractivity contribution in [3.63, 3.8) is 0 Å². The van der Waals surface area contributed by atoms with Crippen molar-refractivity contribution in [3.8, 4) is 45.2 Å². The highest BCUT2D eigenvalue weighted by Gasteiger charge is 2.29.